The topological polar surface area (TPSA) is 99.2 Å². The number of aryl methyl sites for hydroxylation is 2. The van der Waals surface area contributed by atoms with Crippen LogP contribution in [0.5, 0.6) is 5.75 Å². The maximum atomic E-state index is 12.4. The van der Waals surface area contributed by atoms with Gasteiger partial charge in [0.2, 0.25) is 0 Å². The van der Waals surface area contributed by atoms with E-state index in [0.29, 0.717) is 22.6 Å². The summed E-state index contributed by atoms with van der Waals surface area (Å²) < 4.78 is 17.7. The molecular weight excluding hydrogens is 508 g/mol. The molecule has 218 valence electrons. The summed E-state index contributed by atoms with van der Waals surface area (Å²) in [7, 11) is 1.57. The van der Waals surface area contributed by atoms with Gasteiger partial charge in [-0.3, -0.25) is 4.98 Å². The van der Waals surface area contributed by atoms with E-state index in [2.05, 4.69) is 9.97 Å². The molecule has 0 unspecified atom stereocenters. The van der Waals surface area contributed by atoms with Gasteiger partial charge in [-0.05, 0) is 65.7 Å². The number of hydrogen-bond acceptors (Lipinski definition) is 7. The predicted molar refractivity (Wildman–Crippen MR) is 160 cm³/mol. The molecule has 9 heteroatoms. The van der Waals surface area contributed by atoms with Gasteiger partial charge >= 0.3 is 11.7 Å². The van der Waals surface area contributed by atoms with Crippen LogP contribution in [0.4, 0.5) is 4.79 Å². The number of methoxy groups -OCH3 is 1. The molecule has 0 aliphatic carbocycles. The SMILES string of the molecule is CC.CC.CC(C)(C)OC(=O)N1CCCC1.COc1ccc2cc(-c3cn4cc(C)nc(C)c4n3)c(=O)oc2c1. The Balaban J connectivity index is 0.000000296. The lowest BCUT2D eigenvalue weighted by Gasteiger charge is -2.23. The number of nitrogens with zero attached hydrogens (tertiary/aromatic N) is 4. The second-order valence-electron chi connectivity index (χ2n) is 9.85. The fourth-order valence-electron chi connectivity index (χ4n) is 4.06. The van der Waals surface area contributed by atoms with Crippen molar-refractivity contribution < 1.29 is 18.7 Å². The van der Waals surface area contributed by atoms with Crippen molar-refractivity contribution >= 4 is 22.7 Å². The van der Waals surface area contributed by atoms with Crippen molar-refractivity contribution in [2.75, 3.05) is 20.2 Å². The van der Waals surface area contributed by atoms with Crippen molar-refractivity contribution in [1.29, 1.82) is 0 Å². The number of fused-ring (bicyclic) bond motifs is 2. The Labute approximate surface area is 237 Å². The second kappa shape index (κ2) is 14.5. The molecule has 3 aromatic heterocycles. The highest BCUT2D eigenvalue weighted by Crippen LogP contribution is 2.24. The third-order valence-electron chi connectivity index (χ3n) is 5.70. The van der Waals surface area contributed by atoms with Gasteiger partial charge in [0.1, 0.15) is 16.9 Å². The van der Waals surface area contributed by atoms with Gasteiger partial charge in [-0.2, -0.15) is 0 Å². The number of aromatic nitrogens is 3. The standard InChI is InChI=1S/C18H15N3O3.C9H17NO2.2C2H6/c1-10-8-21-9-15(20-17(21)11(2)19-10)14-6-12-4-5-13(23-3)7-16(12)24-18(14)22;1-9(2,3)12-8(11)10-6-4-5-7-10;2*1-2/h4-9H,1-3H3;4-7H2,1-3H3;2*1-2H3. The van der Waals surface area contributed by atoms with Gasteiger partial charge in [-0.25, -0.2) is 14.6 Å². The molecule has 1 amide bonds. The van der Waals surface area contributed by atoms with Gasteiger partial charge in [-0.15, -0.1) is 0 Å². The van der Waals surface area contributed by atoms with E-state index in [4.69, 9.17) is 13.9 Å². The number of hydrogen-bond donors (Lipinski definition) is 0. The van der Waals surface area contributed by atoms with Crippen molar-refractivity contribution in [2.24, 2.45) is 0 Å². The molecule has 0 saturated carbocycles. The van der Waals surface area contributed by atoms with Crippen LogP contribution >= 0.6 is 0 Å². The lowest BCUT2D eigenvalue weighted by molar-refractivity contribution is 0.0295. The molecule has 0 spiro atoms. The molecular formula is C31H44N4O5. The van der Waals surface area contributed by atoms with Crippen molar-refractivity contribution in [3.05, 3.63) is 58.5 Å². The summed E-state index contributed by atoms with van der Waals surface area (Å²) in [4.78, 5) is 34.5. The van der Waals surface area contributed by atoms with Crippen molar-refractivity contribution in [2.45, 2.75) is 80.8 Å². The van der Waals surface area contributed by atoms with Crippen LogP contribution in [0.3, 0.4) is 0 Å². The predicted octanol–water partition coefficient (Wildman–Crippen LogP) is 7.20. The molecule has 1 saturated heterocycles. The van der Waals surface area contributed by atoms with Crippen LogP contribution in [0.1, 0.15) is 72.7 Å². The maximum absolute atomic E-state index is 12.4. The molecule has 5 rings (SSSR count). The number of carbonyl (C=O) groups is 1. The molecule has 1 aromatic carbocycles. The fourth-order valence-corrected chi connectivity index (χ4v) is 4.06. The van der Waals surface area contributed by atoms with E-state index in [0.717, 1.165) is 48.4 Å². The highest BCUT2D eigenvalue weighted by Gasteiger charge is 2.24. The number of imidazole rings is 1. The maximum Gasteiger partial charge on any atom is 0.410 e. The highest BCUT2D eigenvalue weighted by atomic mass is 16.6. The van der Waals surface area contributed by atoms with E-state index in [-0.39, 0.29) is 11.7 Å². The summed E-state index contributed by atoms with van der Waals surface area (Å²) in [6.45, 7) is 19.2. The van der Waals surface area contributed by atoms with Crippen LogP contribution in [0.25, 0.3) is 27.9 Å². The minimum atomic E-state index is -0.429. The van der Waals surface area contributed by atoms with E-state index in [1.165, 1.54) is 0 Å². The van der Waals surface area contributed by atoms with Gasteiger partial charge in [-0.1, -0.05) is 27.7 Å². The Hall–Kier alpha value is -3.88. The zero-order valence-electron chi connectivity index (χ0n) is 25.6. The Bertz CT molecular complexity index is 1460. The van der Waals surface area contributed by atoms with Crippen molar-refractivity contribution in [3.8, 4) is 17.0 Å². The second-order valence-corrected chi connectivity index (χ2v) is 9.85. The van der Waals surface area contributed by atoms with Crippen LogP contribution in [0.2, 0.25) is 0 Å². The molecule has 1 aliphatic heterocycles. The van der Waals surface area contributed by atoms with E-state index in [1.54, 1.807) is 24.1 Å². The minimum Gasteiger partial charge on any atom is -0.497 e. The molecule has 0 bridgehead atoms. The molecule has 0 N–H and O–H groups in total. The normalized spacial score (nSPS) is 12.5. The number of amides is 1. The number of ether oxygens (including phenoxy) is 2. The Morgan fingerprint density at radius 1 is 0.975 bits per heavy atom. The number of rotatable bonds is 2. The minimum absolute atomic E-state index is 0.167. The molecule has 4 aromatic rings. The number of carbonyl (C=O) groups excluding carboxylic acids is 1. The van der Waals surface area contributed by atoms with Gasteiger partial charge in [0.05, 0.1) is 29.8 Å². The van der Waals surface area contributed by atoms with Gasteiger partial charge in [0, 0.05) is 36.9 Å². The smallest absolute Gasteiger partial charge is 0.410 e. The number of benzene rings is 1. The van der Waals surface area contributed by atoms with E-state index < -0.39 is 5.63 Å². The van der Waals surface area contributed by atoms with Crippen molar-refractivity contribution in [3.63, 3.8) is 0 Å². The fraction of sp³-hybridized carbons (Fsp3) is 0.484. The van der Waals surface area contributed by atoms with E-state index in [9.17, 15) is 9.59 Å². The first-order chi connectivity index (χ1) is 19.0. The Kier molecular flexibility index (Phi) is 11.7. The highest BCUT2D eigenvalue weighted by molar-refractivity contribution is 5.82. The molecule has 0 atom stereocenters. The van der Waals surface area contributed by atoms with Crippen LogP contribution in [0, 0.1) is 13.8 Å². The third kappa shape index (κ3) is 8.31. The van der Waals surface area contributed by atoms with Crippen LogP contribution < -0.4 is 10.4 Å². The van der Waals surface area contributed by atoms with Crippen molar-refractivity contribution in [1.82, 2.24) is 19.3 Å². The first-order valence-corrected chi connectivity index (χ1v) is 14.0. The van der Waals surface area contributed by atoms with E-state index in [1.807, 2.05) is 91.2 Å². The summed E-state index contributed by atoms with van der Waals surface area (Å²) >= 11 is 0. The largest absolute Gasteiger partial charge is 0.497 e. The summed E-state index contributed by atoms with van der Waals surface area (Å²) in [5.74, 6) is 0.642. The zero-order chi connectivity index (χ0) is 30.0. The summed E-state index contributed by atoms with van der Waals surface area (Å²) in [6, 6.07) is 7.17. The van der Waals surface area contributed by atoms with Crippen LogP contribution in [-0.2, 0) is 4.74 Å². The van der Waals surface area contributed by atoms with Gasteiger partial charge < -0.3 is 23.2 Å². The van der Waals surface area contributed by atoms with Gasteiger partial charge in [0.25, 0.3) is 0 Å². The summed E-state index contributed by atoms with van der Waals surface area (Å²) in [5.41, 5.74) is 3.12. The Morgan fingerprint density at radius 3 is 2.23 bits per heavy atom. The average molecular weight is 553 g/mol. The zero-order valence-corrected chi connectivity index (χ0v) is 25.6. The molecule has 4 heterocycles. The van der Waals surface area contributed by atoms with Crippen LogP contribution in [-0.4, -0.2) is 51.2 Å². The molecule has 1 aliphatic rings. The lowest BCUT2D eigenvalue weighted by atomic mass is 10.1. The Morgan fingerprint density at radius 2 is 1.62 bits per heavy atom. The monoisotopic (exact) mass is 552 g/mol. The molecule has 9 nitrogen and oxygen atoms in total. The quantitative estimate of drug-likeness (QED) is 0.243. The number of likely N-dealkylation sites (tertiary alicyclic amines) is 1. The van der Waals surface area contributed by atoms with E-state index >= 15 is 0 Å². The van der Waals surface area contributed by atoms with Gasteiger partial charge in [0.15, 0.2) is 5.65 Å². The summed E-state index contributed by atoms with van der Waals surface area (Å²) in [5, 5.41) is 0.813. The lowest BCUT2D eigenvalue weighted by Crippen LogP contribution is -2.34. The molecule has 1 fully saturated rings. The third-order valence-corrected chi connectivity index (χ3v) is 5.70. The molecule has 40 heavy (non-hydrogen) atoms. The van der Waals surface area contributed by atoms with Crippen LogP contribution in [0.15, 0.2) is 45.9 Å². The first kappa shape index (κ1) is 32.3. The average Bonchev–Trinajstić information content (AvgIpc) is 3.61. The first-order valence-electron chi connectivity index (χ1n) is 14.0. The molecule has 0 radical (unpaired) electrons. The summed E-state index contributed by atoms with van der Waals surface area (Å²) in [6.07, 6.45) is 5.75.